The summed E-state index contributed by atoms with van der Waals surface area (Å²) in [7, 11) is -2.20. The summed E-state index contributed by atoms with van der Waals surface area (Å²) < 4.78 is 38.5. The molecule has 0 spiro atoms. The van der Waals surface area contributed by atoms with Gasteiger partial charge < -0.3 is 14.8 Å². The lowest BCUT2D eigenvalue weighted by molar-refractivity contribution is 0.0951. The number of nitrogens with one attached hydrogen (secondary N) is 2. The van der Waals surface area contributed by atoms with Crippen LogP contribution in [0.25, 0.3) is 0 Å². The van der Waals surface area contributed by atoms with Gasteiger partial charge in [0.15, 0.2) is 11.5 Å². The number of hydrogen-bond acceptors (Lipinski definition) is 5. The van der Waals surface area contributed by atoms with Gasteiger partial charge in [-0.1, -0.05) is 35.9 Å². The van der Waals surface area contributed by atoms with Crippen LogP contribution in [0.2, 0.25) is 5.02 Å². The van der Waals surface area contributed by atoms with Gasteiger partial charge in [-0.25, -0.2) is 8.42 Å². The van der Waals surface area contributed by atoms with Gasteiger partial charge in [-0.15, -0.1) is 0 Å². The second kappa shape index (κ2) is 10.6. The highest BCUT2D eigenvalue weighted by Crippen LogP contribution is 2.29. The van der Waals surface area contributed by atoms with Crippen molar-refractivity contribution in [2.45, 2.75) is 31.4 Å². The average Bonchev–Trinajstić information content (AvgIpc) is 2.78. The maximum atomic E-state index is 12.6. The molecule has 0 radical (unpaired) electrons. The first-order valence-electron chi connectivity index (χ1n) is 10.2. The number of sulfonamides is 1. The molecule has 0 aliphatic rings. The molecular formula is C24H25ClN2O5S. The quantitative estimate of drug-likeness (QED) is 0.448. The Kier molecular flexibility index (Phi) is 7.84. The molecule has 174 valence electrons. The third kappa shape index (κ3) is 6.40. The molecule has 0 aromatic heterocycles. The highest BCUT2D eigenvalue weighted by molar-refractivity contribution is 7.92. The second-order valence-electron chi connectivity index (χ2n) is 7.45. The summed E-state index contributed by atoms with van der Waals surface area (Å²) in [6.07, 6.45) is 0.00624. The normalized spacial score (nSPS) is 11.2. The Morgan fingerprint density at radius 3 is 2.36 bits per heavy atom. The number of benzene rings is 3. The van der Waals surface area contributed by atoms with E-state index in [1.54, 1.807) is 37.4 Å². The minimum absolute atomic E-state index is 0.00624. The molecule has 1 amide bonds. The minimum Gasteiger partial charge on any atom is -0.493 e. The van der Waals surface area contributed by atoms with Crippen molar-refractivity contribution in [3.05, 3.63) is 82.9 Å². The molecule has 0 saturated carbocycles. The van der Waals surface area contributed by atoms with Crippen molar-refractivity contribution in [2.75, 3.05) is 11.8 Å². The molecule has 0 aliphatic heterocycles. The van der Waals surface area contributed by atoms with Crippen LogP contribution >= 0.6 is 11.6 Å². The Morgan fingerprint density at radius 2 is 1.73 bits per heavy atom. The van der Waals surface area contributed by atoms with Crippen molar-refractivity contribution < 1.29 is 22.7 Å². The molecule has 3 aromatic rings. The molecule has 0 bridgehead atoms. The first-order chi connectivity index (χ1) is 15.7. The highest BCUT2D eigenvalue weighted by Gasteiger charge is 2.16. The standard InChI is InChI=1S/C24H25ClN2O5S/c1-16(2)32-22-12-9-17(13-23(22)31-3)15-26-24(28)20-11-10-18(14-21(20)25)27-33(29,30)19-7-5-4-6-8-19/h4-14,16,27H,15H2,1-3H3,(H,26,28). The molecule has 0 unspecified atom stereocenters. The fourth-order valence-electron chi connectivity index (χ4n) is 3.03. The van der Waals surface area contributed by atoms with E-state index in [0.29, 0.717) is 11.5 Å². The van der Waals surface area contributed by atoms with E-state index < -0.39 is 10.0 Å². The largest absolute Gasteiger partial charge is 0.493 e. The molecule has 7 nitrogen and oxygen atoms in total. The topological polar surface area (TPSA) is 93.7 Å². The molecule has 9 heteroatoms. The van der Waals surface area contributed by atoms with Gasteiger partial charge in [-0.3, -0.25) is 9.52 Å². The van der Waals surface area contributed by atoms with Gasteiger partial charge in [0, 0.05) is 6.54 Å². The molecule has 0 aliphatic carbocycles. The van der Waals surface area contributed by atoms with Gasteiger partial charge in [-0.2, -0.15) is 0 Å². The molecule has 0 heterocycles. The van der Waals surface area contributed by atoms with Crippen LogP contribution in [0.4, 0.5) is 5.69 Å². The van der Waals surface area contributed by atoms with Gasteiger partial charge >= 0.3 is 0 Å². The summed E-state index contributed by atoms with van der Waals surface area (Å²) in [4.78, 5) is 12.8. The Morgan fingerprint density at radius 1 is 1.00 bits per heavy atom. The molecule has 0 fully saturated rings. The highest BCUT2D eigenvalue weighted by atomic mass is 35.5. The fraction of sp³-hybridized carbons (Fsp3) is 0.208. The molecule has 33 heavy (non-hydrogen) atoms. The van der Waals surface area contributed by atoms with Crippen molar-refractivity contribution in [1.29, 1.82) is 0 Å². The summed E-state index contributed by atoms with van der Waals surface area (Å²) in [6, 6.07) is 17.8. The van der Waals surface area contributed by atoms with Gasteiger partial charge in [0.25, 0.3) is 15.9 Å². The maximum Gasteiger partial charge on any atom is 0.261 e. The smallest absolute Gasteiger partial charge is 0.261 e. The van der Waals surface area contributed by atoms with Crippen molar-refractivity contribution in [2.24, 2.45) is 0 Å². The van der Waals surface area contributed by atoms with Crippen LogP contribution in [0.15, 0.2) is 71.6 Å². The predicted octanol–water partition coefficient (Wildman–Crippen LogP) is 4.87. The molecule has 3 rings (SSSR count). The van der Waals surface area contributed by atoms with Crippen LogP contribution < -0.4 is 19.5 Å². The predicted molar refractivity (Wildman–Crippen MR) is 129 cm³/mol. The van der Waals surface area contributed by atoms with Crippen molar-refractivity contribution in [3.63, 3.8) is 0 Å². The van der Waals surface area contributed by atoms with E-state index in [-0.39, 0.29) is 39.7 Å². The lowest BCUT2D eigenvalue weighted by atomic mass is 10.1. The number of carbonyl (C=O) groups excluding carboxylic acids is 1. The summed E-state index contributed by atoms with van der Waals surface area (Å²) in [5.41, 5.74) is 1.30. The molecule has 0 saturated heterocycles. The number of methoxy groups -OCH3 is 1. The van der Waals surface area contributed by atoms with E-state index in [0.717, 1.165) is 5.56 Å². The number of halogens is 1. The van der Waals surface area contributed by atoms with Crippen LogP contribution in [0.1, 0.15) is 29.8 Å². The Balaban J connectivity index is 1.67. The van der Waals surface area contributed by atoms with E-state index >= 15 is 0 Å². The molecule has 0 atom stereocenters. The summed E-state index contributed by atoms with van der Waals surface area (Å²) in [6.45, 7) is 4.10. The van der Waals surface area contributed by atoms with E-state index in [1.807, 2.05) is 19.9 Å². The third-order valence-electron chi connectivity index (χ3n) is 4.56. The zero-order valence-corrected chi connectivity index (χ0v) is 20.0. The Labute approximate surface area is 198 Å². The zero-order chi connectivity index (χ0) is 24.0. The fourth-order valence-corrected chi connectivity index (χ4v) is 4.36. The van der Waals surface area contributed by atoms with Gasteiger partial charge in [-0.05, 0) is 61.9 Å². The maximum absolute atomic E-state index is 12.6. The van der Waals surface area contributed by atoms with Crippen LogP contribution in [0, 0.1) is 0 Å². The number of ether oxygens (including phenoxy) is 2. The lowest BCUT2D eigenvalue weighted by Crippen LogP contribution is -2.23. The van der Waals surface area contributed by atoms with Gasteiger partial charge in [0.2, 0.25) is 0 Å². The summed E-state index contributed by atoms with van der Waals surface area (Å²) in [5.74, 6) is 0.807. The van der Waals surface area contributed by atoms with Crippen LogP contribution in [0.3, 0.4) is 0 Å². The number of hydrogen-bond donors (Lipinski definition) is 2. The summed E-state index contributed by atoms with van der Waals surface area (Å²) in [5, 5.41) is 2.93. The van der Waals surface area contributed by atoms with E-state index in [9.17, 15) is 13.2 Å². The number of rotatable bonds is 9. The van der Waals surface area contributed by atoms with Crippen molar-refractivity contribution in [1.82, 2.24) is 5.32 Å². The SMILES string of the molecule is COc1cc(CNC(=O)c2ccc(NS(=O)(=O)c3ccccc3)cc2Cl)ccc1OC(C)C. The summed E-state index contributed by atoms with van der Waals surface area (Å²) >= 11 is 6.27. The van der Waals surface area contributed by atoms with Gasteiger partial charge in [0.1, 0.15) is 0 Å². The third-order valence-corrected chi connectivity index (χ3v) is 6.27. The number of anilines is 1. The second-order valence-corrected chi connectivity index (χ2v) is 9.54. The first kappa shape index (κ1) is 24.4. The monoisotopic (exact) mass is 488 g/mol. The average molecular weight is 489 g/mol. The minimum atomic E-state index is -3.76. The van der Waals surface area contributed by atoms with Crippen LogP contribution in [0.5, 0.6) is 11.5 Å². The number of carbonyl (C=O) groups is 1. The first-order valence-corrected chi connectivity index (χ1v) is 12.0. The van der Waals surface area contributed by atoms with E-state index in [1.165, 1.54) is 30.3 Å². The van der Waals surface area contributed by atoms with E-state index in [4.69, 9.17) is 21.1 Å². The van der Waals surface area contributed by atoms with Crippen LogP contribution in [-0.4, -0.2) is 27.5 Å². The molecular weight excluding hydrogens is 464 g/mol. The molecule has 2 N–H and O–H groups in total. The van der Waals surface area contributed by atoms with Crippen LogP contribution in [-0.2, 0) is 16.6 Å². The van der Waals surface area contributed by atoms with Crippen molar-refractivity contribution >= 4 is 33.2 Å². The lowest BCUT2D eigenvalue weighted by Gasteiger charge is -2.15. The van der Waals surface area contributed by atoms with Crippen molar-refractivity contribution in [3.8, 4) is 11.5 Å². The Hall–Kier alpha value is -3.23. The number of amides is 1. The van der Waals surface area contributed by atoms with Gasteiger partial charge in [0.05, 0.1) is 34.4 Å². The Bertz CT molecular complexity index is 1230. The van der Waals surface area contributed by atoms with E-state index in [2.05, 4.69) is 10.0 Å². The zero-order valence-electron chi connectivity index (χ0n) is 18.5. The molecule has 3 aromatic carbocycles.